The van der Waals surface area contributed by atoms with E-state index in [9.17, 15) is 4.79 Å². The first-order chi connectivity index (χ1) is 4.72. The van der Waals surface area contributed by atoms with Crippen LogP contribution < -0.4 is 0 Å². The Balaban J connectivity index is 3.15. The Morgan fingerprint density at radius 3 is 2.40 bits per heavy atom. The molecule has 0 N–H and O–H groups in total. The van der Waals surface area contributed by atoms with E-state index in [1.807, 2.05) is 47.2 Å². The number of hydrogen-bond donors (Lipinski definition) is 0. The van der Waals surface area contributed by atoms with Gasteiger partial charge in [-0.25, -0.2) is 0 Å². The molecular formula is C8H8OSe. The summed E-state index contributed by atoms with van der Waals surface area (Å²) in [6.07, 6.45) is 0. The van der Waals surface area contributed by atoms with Gasteiger partial charge in [0, 0.05) is 0 Å². The molecule has 0 saturated carbocycles. The van der Waals surface area contributed by atoms with E-state index < -0.39 is 0 Å². The molecule has 1 rings (SSSR count). The van der Waals surface area contributed by atoms with Gasteiger partial charge in [0.05, 0.1) is 0 Å². The number of rotatable bonds is 1. The first kappa shape index (κ1) is 7.52. The van der Waals surface area contributed by atoms with Crippen LogP contribution in [0.1, 0.15) is 15.9 Å². The van der Waals surface area contributed by atoms with Crippen molar-refractivity contribution in [3.8, 4) is 0 Å². The van der Waals surface area contributed by atoms with E-state index in [1.54, 1.807) is 0 Å². The second-order valence-corrected chi connectivity index (χ2v) is 2.97. The number of carbonyl (C=O) groups excluding carboxylic acids is 1. The average Bonchev–Trinajstić information content (AvgIpc) is 1.88. The van der Waals surface area contributed by atoms with Gasteiger partial charge in [0.2, 0.25) is 0 Å². The zero-order chi connectivity index (χ0) is 7.56. The Hall–Kier alpha value is -0.591. The van der Waals surface area contributed by atoms with E-state index >= 15 is 0 Å². The Kier molecular flexibility index (Phi) is 2.25. The summed E-state index contributed by atoms with van der Waals surface area (Å²) < 4.78 is 0.0746. The number of aryl methyl sites for hydroxylation is 1. The van der Waals surface area contributed by atoms with Gasteiger partial charge in [0.15, 0.2) is 0 Å². The van der Waals surface area contributed by atoms with Gasteiger partial charge in [-0.3, -0.25) is 0 Å². The fourth-order valence-electron chi connectivity index (χ4n) is 0.813. The second-order valence-electron chi connectivity index (χ2n) is 2.12. The predicted molar refractivity (Wildman–Crippen MR) is 42.7 cm³/mol. The number of benzene rings is 1. The minimum absolute atomic E-state index is 0.0746. The molecule has 0 saturated heterocycles. The second kappa shape index (κ2) is 3.00. The van der Waals surface area contributed by atoms with Crippen molar-refractivity contribution in [2.75, 3.05) is 0 Å². The van der Waals surface area contributed by atoms with Gasteiger partial charge in [0.25, 0.3) is 0 Å². The van der Waals surface area contributed by atoms with E-state index in [-0.39, 0.29) is 4.68 Å². The fraction of sp³-hybridized carbons (Fsp3) is 0.125. The molecule has 0 aliphatic carbocycles. The maximum atomic E-state index is 10.8. The molecule has 0 aliphatic heterocycles. The van der Waals surface area contributed by atoms with Crippen LogP contribution in [0.3, 0.4) is 0 Å². The molecule has 0 amide bonds. The van der Waals surface area contributed by atoms with Crippen molar-refractivity contribution in [3.05, 3.63) is 35.4 Å². The van der Waals surface area contributed by atoms with Crippen LogP contribution in [0.5, 0.6) is 0 Å². The molecule has 1 nitrogen and oxygen atoms in total. The third-order valence-electron chi connectivity index (χ3n) is 1.38. The van der Waals surface area contributed by atoms with Crippen molar-refractivity contribution in [3.63, 3.8) is 0 Å². The van der Waals surface area contributed by atoms with Crippen LogP contribution in [-0.4, -0.2) is 20.7 Å². The molecule has 0 spiro atoms. The summed E-state index contributed by atoms with van der Waals surface area (Å²) in [7, 11) is 0. The molecule has 52 valence electrons. The molecule has 2 heteroatoms. The van der Waals surface area contributed by atoms with E-state index in [0.29, 0.717) is 0 Å². The molecule has 10 heavy (non-hydrogen) atoms. The summed E-state index contributed by atoms with van der Waals surface area (Å²) in [4.78, 5) is 10.8. The Bertz CT molecular complexity index is 255. The van der Waals surface area contributed by atoms with Crippen molar-refractivity contribution in [2.45, 2.75) is 6.92 Å². The van der Waals surface area contributed by atoms with E-state index in [1.165, 1.54) is 0 Å². The van der Waals surface area contributed by atoms with Crippen LogP contribution in [0.15, 0.2) is 24.3 Å². The summed E-state index contributed by atoms with van der Waals surface area (Å²) in [5, 5.41) is 0. The monoisotopic (exact) mass is 200 g/mol. The average molecular weight is 199 g/mol. The summed E-state index contributed by atoms with van der Waals surface area (Å²) in [5.74, 6) is 0. The standard InChI is InChI=1S/C8H8OSe/c1-6-4-2-3-5-7(6)8(9)10/h2-5H,1H3,(H,9,10). The first-order valence-corrected chi connectivity index (χ1v) is 3.94. The SMILES string of the molecule is Cc1ccccc1C(=O)[SeH]. The van der Waals surface area contributed by atoms with Gasteiger partial charge in [-0.05, 0) is 0 Å². The van der Waals surface area contributed by atoms with Crippen LogP contribution in [-0.2, 0) is 0 Å². The zero-order valence-electron chi connectivity index (χ0n) is 5.66. The van der Waals surface area contributed by atoms with Crippen molar-refractivity contribution in [1.82, 2.24) is 0 Å². The quantitative estimate of drug-likeness (QED) is 0.617. The van der Waals surface area contributed by atoms with Crippen LogP contribution in [0.4, 0.5) is 0 Å². The predicted octanol–water partition coefficient (Wildman–Crippen LogP) is 1.04. The Morgan fingerprint density at radius 1 is 1.40 bits per heavy atom. The number of hydrogen-bond acceptors (Lipinski definition) is 1. The van der Waals surface area contributed by atoms with Crippen molar-refractivity contribution >= 4 is 20.7 Å². The molecule has 1 aromatic rings. The van der Waals surface area contributed by atoms with Crippen LogP contribution in [0.25, 0.3) is 0 Å². The molecule has 0 radical (unpaired) electrons. The number of carbonyl (C=O) groups is 1. The molecule has 0 aromatic heterocycles. The maximum absolute atomic E-state index is 10.8. The van der Waals surface area contributed by atoms with Gasteiger partial charge in [-0.1, -0.05) is 0 Å². The molecular weight excluding hydrogens is 191 g/mol. The van der Waals surface area contributed by atoms with Crippen molar-refractivity contribution in [2.24, 2.45) is 0 Å². The summed E-state index contributed by atoms with van der Waals surface area (Å²) in [5.41, 5.74) is 1.83. The van der Waals surface area contributed by atoms with Gasteiger partial charge >= 0.3 is 67.8 Å². The van der Waals surface area contributed by atoms with Gasteiger partial charge in [-0.15, -0.1) is 0 Å². The van der Waals surface area contributed by atoms with Crippen molar-refractivity contribution < 1.29 is 4.79 Å². The molecule has 0 heterocycles. The normalized spacial score (nSPS) is 9.40. The third kappa shape index (κ3) is 1.47. The fourth-order valence-corrected chi connectivity index (χ4v) is 1.34. The summed E-state index contributed by atoms with van der Waals surface area (Å²) >= 11 is 2.02. The topological polar surface area (TPSA) is 17.1 Å². The van der Waals surface area contributed by atoms with Gasteiger partial charge < -0.3 is 0 Å². The van der Waals surface area contributed by atoms with Crippen LogP contribution >= 0.6 is 0 Å². The third-order valence-corrected chi connectivity index (χ3v) is 1.88. The molecule has 0 unspecified atom stereocenters. The van der Waals surface area contributed by atoms with E-state index in [4.69, 9.17) is 0 Å². The summed E-state index contributed by atoms with van der Waals surface area (Å²) in [6.45, 7) is 1.93. The molecule has 0 aliphatic rings. The zero-order valence-corrected chi connectivity index (χ0v) is 7.54. The van der Waals surface area contributed by atoms with Crippen LogP contribution in [0.2, 0.25) is 0 Å². The van der Waals surface area contributed by atoms with Crippen LogP contribution in [0, 0.1) is 6.92 Å². The minimum atomic E-state index is 0.0746. The Morgan fingerprint density at radius 2 is 2.00 bits per heavy atom. The molecule has 0 atom stereocenters. The Labute approximate surface area is 68.3 Å². The van der Waals surface area contributed by atoms with Gasteiger partial charge in [-0.2, -0.15) is 0 Å². The molecule has 0 fully saturated rings. The van der Waals surface area contributed by atoms with E-state index in [0.717, 1.165) is 11.1 Å². The first-order valence-electron chi connectivity index (χ1n) is 3.01. The van der Waals surface area contributed by atoms with Crippen molar-refractivity contribution in [1.29, 1.82) is 0 Å². The summed E-state index contributed by atoms with van der Waals surface area (Å²) in [6, 6.07) is 7.55. The molecule has 1 aromatic carbocycles. The van der Waals surface area contributed by atoms with Gasteiger partial charge in [0.1, 0.15) is 0 Å². The molecule has 0 bridgehead atoms. The van der Waals surface area contributed by atoms with E-state index in [2.05, 4.69) is 0 Å².